The molecule has 7 rings (SSSR count). The van der Waals surface area contributed by atoms with Crippen LogP contribution in [0, 0.1) is 0 Å². The van der Waals surface area contributed by atoms with Gasteiger partial charge in [0.2, 0.25) is 11.9 Å². The number of nitrogens with zero attached hydrogens (tertiary/aromatic N) is 9. The largest absolute Gasteiger partial charge is 0.322 e. The summed E-state index contributed by atoms with van der Waals surface area (Å²) in [4.78, 5) is 20.3. The summed E-state index contributed by atoms with van der Waals surface area (Å²) in [6, 6.07) is 21.3. The van der Waals surface area contributed by atoms with Crippen LogP contribution in [-0.2, 0) is 0 Å². The lowest BCUT2D eigenvalue weighted by molar-refractivity contribution is 0.768. The third kappa shape index (κ3) is 3.03. The van der Waals surface area contributed by atoms with Gasteiger partial charge in [0.05, 0.1) is 45.8 Å². The number of rotatable bonds is 4. The van der Waals surface area contributed by atoms with E-state index in [1.807, 2.05) is 66.7 Å². The average Bonchev–Trinajstić information content (AvgIpc) is 3.67. The van der Waals surface area contributed by atoms with E-state index in [9.17, 15) is 0 Å². The predicted molar refractivity (Wildman–Crippen MR) is 124 cm³/mol. The fraction of sp³-hybridized carbons (Fsp3) is 0. The van der Waals surface area contributed by atoms with Crippen LogP contribution in [0.4, 0.5) is 0 Å². The van der Waals surface area contributed by atoms with Crippen molar-refractivity contribution in [1.82, 2.24) is 54.9 Å². The molecule has 0 bridgehead atoms. The van der Waals surface area contributed by atoms with Gasteiger partial charge in [-0.05, 0) is 36.4 Å². The maximum absolute atomic E-state index is 4.72. The van der Waals surface area contributed by atoms with Crippen molar-refractivity contribution in [3.05, 3.63) is 79.1 Å². The molecule has 0 saturated heterocycles. The maximum atomic E-state index is 4.72. The number of hydrogen-bond acceptors (Lipinski definition) is 7. The Bertz CT molecular complexity index is 1590. The molecule has 34 heavy (non-hydrogen) atoms. The first-order valence-electron chi connectivity index (χ1n) is 10.5. The van der Waals surface area contributed by atoms with Gasteiger partial charge in [0, 0.05) is 0 Å². The van der Waals surface area contributed by atoms with Gasteiger partial charge in [-0.3, -0.25) is 0 Å². The highest BCUT2D eigenvalue weighted by atomic mass is 15.5. The van der Waals surface area contributed by atoms with E-state index in [2.05, 4.69) is 40.6 Å². The molecule has 2 aromatic carbocycles. The number of pyridine rings is 1. The van der Waals surface area contributed by atoms with Gasteiger partial charge in [-0.25, -0.2) is 15.0 Å². The minimum atomic E-state index is 0.588. The molecule has 11 heteroatoms. The van der Waals surface area contributed by atoms with Gasteiger partial charge in [-0.1, -0.05) is 40.8 Å². The molecule has 162 valence electrons. The lowest BCUT2D eigenvalue weighted by atomic mass is 10.2. The zero-order chi connectivity index (χ0) is 22.5. The third-order valence-electron chi connectivity index (χ3n) is 5.45. The normalized spacial score (nSPS) is 11.5. The Kier molecular flexibility index (Phi) is 3.88. The lowest BCUT2D eigenvalue weighted by Gasteiger charge is -1.98. The third-order valence-corrected chi connectivity index (χ3v) is 5.45. The molecule has 5 heterocycles. The van der Waals surface area contributed by atoms with Crippen LogP contribution in [0.3, 0.4) is 0 Å². The summed E-state index contributed by atoms with van der Waals surface area (Å²) in [5.74, 6) is 1.18. The van der Waals surface area contributed by atoms with E-state index in [0.717, 1.165) is 22.1 Å². The molecule has 0 aliphatic carbocycles. The number of aromatic nitrogens is 11. The lowest BCUT2D eigenvalue weighted by Crippen LogP contribution is -1.96. The van der Waals surface area contributed by atoms with Gasteiger partial charge in [0.15, 0.2) is 0 Å². The van der Waals surface area contributed by atoms with Crippen molar-refractivity contribution in [2.24, 2.45) is 0 Å². The van der Waals surface area contributed by atoms with Crippen LogP contribution < -0.4 is 0 Å². The molecule has 11 nitrogen and oxygen atoms in total. The first kappa shape index (κ1) is 18.4. The van der Waals surface area contributed by atoms with Crippen LogP contribution in [0.2, 0.25) is 0 Å². The summed E-state index contributed by atoms with van der Waals surface area (Å²) in [6.07, 6.45) is 3.57. The van der Waals surface area contributed by atoms with E-state index in [0.29, 0.717) is 34.7 Å². The topological polar surface area (TPSA) is 132 Å². The van der Waals surface area contributed by atoms with Crippen LogP contribution in [0.25, 0.3) is 56.7 Å². The molecule has 5 aromatic heterocycles. The molecule has 0 radical (unpaired) electrons. The number of aromatic amines is 2. The second-order valence-electron chi connectivity index (χ2n) is 7.66. The summed E-state index contributed by atoms with van der Waals surface area (Å²) in [5.41, 5.74) is 6.16. The first-order valence-corrected chi connectivity index (χ1v) is 10.5. The van der Waals surface area contributed by atoms with Crippen molar-refractivity contribution >= 4 is 22.1 Å². The second-order valence-corrected chi connectivity index (χ2v) is 7.66. The van der Waals surface area contributed by atoms with E-state index in [1.54, 1.807) is 21.8 Å². The standard InChI is InChI=1S/C23H15N11/c1-2-7-15-14(6-1)25-22(26-15)33-12-20(29-31-33)18-10-5-11-19(24-18)21-13-34(32-30-21)23-27-16-8-3-4-9-17(16)28-23/h1-13H,(H,25,26)(H,27,28). The Hall–Kier alpha value is -5.19. The molecule has 2 N–H and O–H groups in total. The van der Waals surface area contributed by atoms with E-state index < -0.39 is 0 Å². The molecular weight excluding hydrogens is 430 g/mol. The first-order chi connectivity index (χ1) is 16.8. The van der Waals surface area contributed by atoms with Gasteiger partial charge in [0.1, 0.15) is 11.4 Å². The molecule has 0 unspecified atom stereocenters. The molecule has 0 saturated carbocycles. The summed E-state index contributed by atoms with van der Waals surface area (Å²) in [6.45, 7) is 0. The molecule has 0 aliphatic heterocycles. The molecule has 0 atom stereocenters. The summed E-state index contributed by atoms with van der Waals surface area (Å²) in [7, 11) is 0. The Morgan fingerprint density at radius 3 is 1.50 bits per heavy atom. The monoisotopic (exact) mass is 445 g/mol. The van der Waals surface area contributed by atoms with Gasteiger partial charge in [-0.15, -0.1) is 10.2 Å². The van der Waals surface area contributed by atoms with Crippen LogP contribution in [0.15, 0.2) is 79.1 Å². The zero-order valence-corrected chi connectivity index (χ0v) is 17.5. The van der Waals surface area contributed by atoms with Crippen molar-refractivity contribution < 1.29 is 0 Å². The fourth-order valence-corrected chi connectivity index (χ4v) is 3.79. The molecule has 7 aromatic rings. The van der Waals surface area contributed by atoms with Gasteiger partial charge >= 0.3 is 0 Å². The Morgan fingerprint density at radius 1 is 0.500 bits per heavy atom. The zero-order valence-electron chi connectivity index (χ0n) is 17.5. The molecule has 0 amide bonds. The Balaban J connectivity index is 1.20. The van der Waals surface area contributed by atoms with Crippen molar-refractivity contribution in [1.29, 1.82) is 0 Å². The number of benzene rings is 2. The van der Waals surface area contributed by atoms with E-state index in [-0.39, 0.29) is 0 Å². The quantitative estimate of drug-likeness (QED) is 0.425. The summed E-state index contributed by atoms with van der Waals surface area (Å²) in [5, 5.41) is 17.0. The van der Waals surface area contributed by atoms with Crippen LogP contribution in [-0.4, -0.2) is 54.9 Å². The van der Waals surface area contributed by atoms with Crippen molar-refractivity contribution in [2.75, 3.05) is 0 Å². The molecular formula is C23H15N11. The molecule has 0 aliphatic rings. The highest BCUT2D eigenvalue weighted by molar-refractivity contribution is 5.76. The van der Waals surface area contributed by atoms with E-state index in [1.165, 1.54) is 0 Å². The van der Waals surface area contributed by atoms with Crippen LogP contribution in [0.5, 0.6) is 0 Å². The number of para-hydroxylation sites is 4. The number of H-pyrrole nitrogens is 2. The average molecular weight is 445 g/mol. The number of imidazole rings is 2. The number of fused-ring (bicyclic) bond motifs is 2. The highest BCUT2D eigenvalue weighted by Gasteiger charge is 2.13. The number of nitrogens with one attached hydrogen (secondary N) is 2. The van der Waals surface area contributed by atoms with Gasteiger partial charge in [0.25, 0.3) is 0 Å². The molecule has 0 fully saturated rings. The fourth-order valence-electron chi connectivity index (χ4n) is 3.79. The van der Waals surface area contributed by atoms with E-state index >= 15 is 0 Å². The minimum absolute atomic E-state index is 0.588. The van der Waals surface area contributed by atoms with E-state index in [4.69, 9.17) is 4.98 Å². The predicted octanol–water partition coefficient (Wildman–Crippen LogP) is 3.33. The number of hydrogen-bond donors (Lipinski definition) is 2. The minimum Gasteiger partial charge on any atom is -0.322 e. The maximum Gasteiger partial charge on any atom is 0.230 e. The summed E-state index contributed by atoms with van der Waals surface area (Å²) < 4.78 is 3.20. The SMILES string of the molecule is c1cc(-c2cn(-c3nc4ccccc4[nH]3)nn2)nc(-c2cn(-c3nc4ccccc4[nH]3)nn2)c1. The van der Waals surface area contributed by atoms with Crippen molar-refractivity contribution in [3.8, 4) is 34.7 Å². The second kappa shape index (κ2) is 7.17. The van der Waals surface area contributed by atoms with Gasteiger partial charge < -0.3 is 9.97 Å². The summed E-state index contributed by atoms with van der Waals surface area (Å²) >= 11 is 0. The van der Waals surface area contributed by atoms with Crippen molar-refractivity contribution in [3.63, 3.8) is 0 Å². The smallest absolute Gasteiger partial charge is 0.230 e. The molecule has 0 spiro atoms. The van der Waals surface area contributed by atoms with Crippen LogP contribution in [0.1, 0.15) is 0 Å². The van der Waals surface area contributed by atoms with Crippen LogP contribution >= 0.6 is 0 Å². The Labute approximate surface area is 191 Å². The van der Waals surface area contributed by atoms with Gasteiger partial charge in [-0.2, -0.15) is 9.36 Å². The Morgan fingerprint density at radius 2 is 1.00 bits per heavy atom. The van der Waals surface area contributed by atoms with Crippen molar-refractivity contribution in [2.45, 2.75) is 0 Å². The highest BCUT2D eigenvalue weighted by Crippen LogP contribution is 2.22.